The SMILES string of the molecule is COc1ccc(CSc2ccc(=O)n(C)n2)cc1. The highest BCUT2D eigenvalue weighted by Gasteiger charge is 2.00. The summed E-state index contributed by atoms with van der Waals surface area (Å²) >= 11 is 1.60. The summed E-state index contributed by atoms with van der Waals surface area (Å²) < 4.78 is 6.45. The summed E-state index contributed by atoms with van der Waals surface area (Å²) in [5.74, 6) is 1.67. The molecule has 0 amide bonds. The summed E-state index contributed by atoms with van der Waals surface area (Å²) in [6, 6.07) is 11.2. The van der Waals surface area contributed by atoms with Crippen LogP contribution in [0.3, 0.4) is 0 Å². The lowest BCUT2D eigenvalue weighted by Crippen LogP contribution is -2.17. The van der Waals surface area contributed by atoms with Gasteiger partial charge in [-0.2, -0.15) is 5.10 Å². The molecule has 0 N–H and O–H groups in total. The number of methoxy groups -OCH3 is 1. The van der Waals surface area contributed by atoms with Crippen molar-refractivity contribution in [2.45, 2.75) is 10.8 Å². The van der Waals surface area contributed by atoms with Gasteiger partial charge in [-0.3, -0.25) is 4.79 Å². The number of benzene rings is 1. The molecule has 18 heavy (non-hydrogen) atoms. The Bertz CT molecular complexity index is 578. The van der Waals surface area contributed by atoms with Gasteiger partial charge in [0.05, 0.1) is 7.11 Å². The number of ether oxygens (including phenoxy) is 1. The Kier molecular flexibility index (Phi) is 4.04. The zero-order chi connectivity index (χ0) is 13.0. The highest BCUT2D eigenvalue weighted by atomic mass is 32.2. The lowest BCUT2D eigenvalue weighted by atomic mass is 10.2. The number of thioether (sulfide) groups is 1. The van der Waals surface area contributed by atoms with Crippen LogP contribution in [0.15, 0.2) is 46.2 Å². The maximum absolute atomic E-state index is 11.2. The van der Waals surface area contributed by atoms with E-state index in [2.05, 4.69) is 5.10 Å². The number of nitrogens with zero attached hydrogens (tertiary/aromatic N) is 2. The van der Waals surface area contributed by atoms with Crippen LogP contribution >= 0.6 is 11.8 Å². The second-order valence-electron chi connectivity index (χ2n) is 3.77. The molecular formula is C13H14N2O2S. The molecule has 0 aliphatic carbocycles. The van der Waals surface area contributed by atoms with E-state index < -0.39 is 0 Å². The highest BCUT2D eigenvalue weighted by molar-refractivity contribution is 7.98. The molecule has 2 rings (SSSR count). The Morgan fingerprint density at radius 2 is 1.94 bits per heavy atom. The van der Waals surface area contributed by atoms with Gasteiger partial charge in [0.1, 0.15) is 10.8 Å². The standard InChI is InChI=1S/C13H14N2O2S/c1-15-13(16)8-7-12(14-15)18-9-10-3-5-11(17-2)6-4-10/h3-8H,9H2,1-2H3. The van der Waals surface area contributed by atoms with E-state index in [-0.39, 0.29) is 5.56 Å². The summed E-state index contributed by atoms with van der Waals surface area (Å²) in [5, 5.41) is 5.00. The summed E-state index contributed by atoms with van der Waals surface area (Å²) in [7, 11) is 3.30. The Balaban J connectivity index is 2.01. The number of aromatic nitrogens is 2. The summed E-state index contributed by atoms with van der Waals surface area (Å²) in [5.41, 5.74) is 1.10. The van der Waals surface area contributed by atoms with Crippen LogP contribution in [0, 0.1) is 0 Å². The second-order valence-corrected chi connectivity index (χ2v) is 4.77. The van der Waals surface area contributed by atoms with E-state index in [4.69, 9.17) is 4.74 Å². The van der Waals surface area contributed by atoms with E-state index in [0.29, 0.717) is 0 Å². The molecule has 0 radical (unpaired) electrons. The van der Waals surface area contributed by atoms with Crippen LogP contribution in [0.1, 0.15) is 5.56 Å². The average Bonchev–Trinajstić information content (AvgIpc) is 2.41. The lowest BCUT2D eigenvalue weighted by Gasteiger charge is -2.04. The third kappa shape index (κ3) is 3.13. The number of hydrogen-bond donors (Lipinski definition) is 0. The molecule has 94 valence electrons. The first-order valence-corrected chi connectivity index (χ1v) is 6.47. The van der Waals surface area contributed by atoms with Gasteiger partial charge in [-0.25, -0.2) is 4.68 Å². The van der Waals surface area contributed by atoms with Gasteiger partial charge in [-0.15, -0.1) is 0 Å². The van der Waals surface area contributed by atoms with Crippen molar-refractivity contribution < 1.29 is 4.74 Å². The summed E-state index contributed by atoms with van der Waals surface area (Å²) in [6.07, 6.45) is 0. The molecule has 0 aliphatic heterocycles. The van der Waals surface area contributed by atoms with Crippen molar-refractivity contribution in [3.8, 4) is 5.75 Å². The van der Waals surface area contributed by atoms with Crippen molar-refractivity contribution in [3.63, 3.8) is 0 Å². The van der Waals surface area contributed by atoms with Gasteiger partial charge in [-0.1, -0.05) is 23.9 Å². The molecule has 0 saturated carbocycles. The molecular weight excluding hydrogens is 248 g/mol. The zero-order valence-electron chi connectivity index (χ0n) is 10.3. The number of hydrogen-bond acceptors (Lipinski definition) is 4. The fourth-order valence-electron chi connectivity index (χ4n) is 1.44. The normalized spacial score (nSPS) is 10.3. The van der Waals surface area contributed by atoms with Crippen LogP contribution in [0.5, 0.6) is 5.75 Å². The molecule has 0 atom stereocenters. The third-order valence-corrected chi connectivity index (χ3v) is 3.47. The summed E-state index contributed by atoms with van der Waals surface area (Å²) in [4.78, 5) is 11.2. The molecule has 1 aromatic carbocycles. The van der Waals surface area contributed by atoms with Crippen LogP contribution in [0.4, 0.5) is 0 Å². The van der Waals surface area contributed by atoms with Crippen molar-refractivity contribution in [1.82, 2.24) is 9.78 Å². The van der Waals surface area contributed by atoms with Gasteiger partial charge in [0, 0.05) is 18.9 Å². The van der Waals surface area contributed by atoms with Crippen LogP contribution in [-0.4, -0.2) is 16.9 Å². The maximum atomic E-state index is 11.2. The van der Waals surface area contributed by atoms with E-state index in [9.17, 15) is 4.79 Å². The molecule has 5 heteroatoms. The Morgan fingerprint density at radius 3 is 2.56 bits per heavy atom. The first-order valence-electron chi connectivity index (χ1n) is 5.49. The van der Waals surface area contributed by atoms with E-state index in [1.54, 1.807) is 32.0 Å². The highest BCUT2D eigenvalue weighted by Crippen LogP contribution is 2.21. The summed E-state index contributed by atoms with van der Waals surface area (Å²) in [6.45, 7) is 0. The van der Waals surface area contributed by atoms with Crippen LogP contribution in [0.25, 0.3) is 0 Å². The molecule has 0 spiro atoms. The molecule has 0 unspecified atom stereocenters. The van der Waals surface area contributed by atoms with E-state index >= 15 is 0 Å². The topological polar surface area (TPSA) is 44.1 Å². The smallest absolute Gasteiger partial charge is 0.266 e. The fourth-order valence-corrected chi connectivity index (χ4v) is 2.29. The monoisotopic (exact) mass is 262 g/mol. The molecule has 2 aromatic rings. The fraction of sp³-hybridized carbons (Fsp3) is 0.231. The van der Waals surface area contributed by atoms with E-state index in [1.807, 2.05) is 24.3 Å². The zero-order valence-corrected chi connectivity index (χ0v) is 11.1. The minimum absolute atomic E-state index is 0.0937. The van der Waals surface area contributed by atoms with E-state index in [1.165, 1.54) is 16.3 Å². The minimum atomic E-state index is -0.0937. The van der Waals surface area contributed by atoms with Crippen LogP contribution in [-0.2, 0) is 12.8 Å². The van der Waals surface area contributed by atoms with Gasteiger partial charge in [0.15, 0.2) is 0 Å². The average molecular weight is 262 g/mol. The molecule has 0 fully saturated rings. The maximum Gasteiger partial charge on any atom is 0.266 e. The molecule has 0 saturated heterocycles. The van der Waals surface area contributed by atoms with Crippen molar-refractivity contribution in [3.05, 3.63) is 52.3 Å². The number of aryl methyl sites for hydroxylation is 1. The molecule has 0 bridgehead atoms. The minimum Gasteiger partial charge on any atom is -0.497 e. The molecule has 0 aliphatic rings. The molecule has 1 aromatic heterocycles. The Morgan fingerprint density at radius 1 is 1.22 bits per heavy atom. The van der Waals surface area contributed by atoms with E-state index in [0.717, 1.165) is 16.5 Å². The largest absolute Gasteiger partial charge is 0.497 e. The predicted octanol–water partition coefficient (Wildman–Crippen LogP) is 2.08. The third-order valence-electron chi connectivity index (χ3n) is 2.48. The first-order chi connectivity index (χ1) is 8.69. The van der Waals surface area contributed by atoms with Gasteiger partial charge >= 0.3 is 0 Å². The molecule has 1 heterocycles. The van der Waals surface area contributed by atoms with Crippen molar-refractivity contribution in [2.24, 2.45) is 7.05 Å². The lowest BCUT2D eigenvalue weighted by molar-refractivity contribution is 0.414. The van der Waals surface area contributed by atoms with Crippen molar-refractivity contribution >= 4 is 11.8 Å². The van der Waals surface area contributed by atoms with Crippen LogP contribution in [0.2, 0.25) is 0 Å². The van der Waals surface area contributed by atoms with Crippen molar-refractivity contribution in [1.29, 1.82) is 0 Å². The first kappa shape index (κ1) is 12.7. The van der Waals surface area contributed by atoms with Crippen LogP contribution < -0.4 is 10.3 Å². The Hall–Kier alpha value is -1.75. The number of rotatable bonds is 4. The predicted molar refractivity (Wildman–Crippen MR) is 72.0 cm³/mol. The van der Waals surface area contributed by atoms with Gasteiger partial charge < -0.3 is 4.74 Å². The van der Waals surface area contributed by atoms with Gasteiger partial charge in [0.2, 0.25) is 0 Å². The molecule has 4 nitrogen and oxygen atoms in total. The Labute approximate surface area is 110 Å². The van der Waals surface area contributed by atoms with Gasteiger partial charge in [-0.05, 0) is 23.8 Å². The van der Waals surface area contributed by atoms with Gasteiger partial charge in [0.25, 0.3) is 5.56 Å². The quantitative estimate of drug-likeness (QED) is 0.791. The second kappa shape index (κ2) is 5.73. The van der Waals surface area contributed by atoms with Crippen molar-refractivity contribution in [2.75, 3.05) is 7.11 Å².